The van der Waals surface area contributed by atoms with Crippen LogP contribution >= 0.6 is 0 Å². The predicted octanol–water partition coefficient (Wildman–Crippen LogP) is 1.96. The third-order valence-corrected chi connectivity index (χ3v) is 4.15. The molecule has 1 fully saturated rings. The maximum absolute atomic E-state index is 12.8. The summed E-state index contributed by atoms with van der Waals surface area (Å²) in [6, 6.07) is 7.15. The lowest BCUT2D eigenvalue weighted by Gasteiger charge is -2.23. The molecule has 0 spiro atoms. The molecule has 1 unspecified atom stereocenters. The second-order valence-corrected chi connectivity index (χ2v) is 5.34. The molecule has 1 aliphatic heterocycles. The highest BCUT2D eigenvalue weighted by molar-refractivity contribution is 6.07. The second kappa shape index (κ2) is 5.24. The van der Waals surface area contributed by atoms with Crippen LogP contribution in [-0.2, 0) is 16.6 Å². The van der Waals surface area contributed by atoms with Gasteiger partial charge in [0.15, 0.2) is 0 Å². The fraction of sp³-hybridized carbons (Fsp3) is 0.375. The van der Waals surface area contributed by atoms with Crippen LogP contribution in [0.15, 0.2) is 30.5 Å². The van der Waals surface area contributed by atoms with Gasteiger partial charge in [-0.05, 0) is 31.0 Å². The molecule has 1 aliphatic rings. The van der Waals surface area contributed by atoms with Gasteiger partial charge in [-0.1, -0.05) is 6.07 Å². The highest BCUT2D eigenvalue weighted by atomic mass is 16.5. The highest BCUT2D eigenvalue weighted by Crippen LogP contribution is 2.25. The van der Waals surface area contributed by atoms with Crippen molar-refractivity contribution in [2.45, 2.75) is 18.9 Å². The molecule has 5 nitrogen and oxygen atoms in total. The molecule has 0 saturated carbocycles. The number of nitrogens with zero attached hydrogens (tertiary/aromatic N) is 2. The van der Waals surface area contributed by atoms with Crippen LogP contribution < -0.4 is 0 Å². The first-order chi connectivity index (χ1) is 10.1. The van der Waals surface area contributed by atoms with Crippen molar-refractivity contribution in [3.63, 3.8) is 0 Å². The first kappa shape index (κ1) is 13.7. The summed E-state index contributed by atoms with van der Waals surface area (Å²) in [5.74, 6) is -0.430. The number of ether oxygens (including phenoxy) is 1. The molecule has 1 aromatic carbocycles. The lowest BCUT2D eigenvalue weighted by atomic mass is 10.1. The zero-order chi connectivity index (χ0) is 15.0. The van der Waals surface area contributed by atoms with Crippen LogP contribution in [0.4, 0.5) is 0 Å². The van der Waals surface area contributed by atoms with Crippen molar-refractivity contribution in [1.29, 1.82) is 0 Å². The zero-order valence-corrected chi connectivity index (χ0v) is 12.2. The van der Waals surface area contributed by atoms with Crippen molar-refractivity contribution in [3.8, 4) is 0 Å². The molecule has 5 heteroatoms. The Morgan fingerprint density at radius 1 is 1.29 bits per heavy atom. The molecular weight excluding hydrogens is 268 g/mol. The molecule has 110 valence electrons. The number of carbonyl (C=O) groups excluding carboxylic acids is 2. The number of benzene rings is 1. The van der Waals surface area contributed by atoms with E-state index in [4.69, 9.17) is 4.74 Å². The average Bonchev–Trinajstić information content (AvgIpc) is 3.13. The van der Waals surface area contributed by atoms with E-state index in [9.17, 15) is 9.59 Å². The van der Waals surface area contributed by atoms with E-state index in [0.29, 0.717) is 18.5 Å². The number of aryl methyl sites for hydroxylation is 1. The minimum atomic E-state index is -0.457. The van der Waals surface area contributed by atoms with Gasteiger partial charge in [-0.3, -0.25) is 4.79 Å². The molecule has 2 aromatic rings. The maximum Gasteiger partial charge on any atom is 0.328 e. The number of methoxy groups -OCH3 is 1. The standard InChI is InChI=1S/C16H18N2O3/c1-17-10-8-11-12(5-3-6-13(11)17)15(19)18-9-4-7-14(18)16(20)21-2/h3,5-6,8,10,14H,4,7,9H2,1-2H3. The predicted molar refractivity (Wildman–Crippen MR) is 79.0 cm³/mol. The van der Waals surface area contributed by atoms with Crippen molar-refractivity contribution >= 4 is 22.8 Å². The molecule has 1 saturated heterocycles. The van der Waals surface area contributed by atoms with Crippen molar-refractivity contribution in [2.75, 3.05) is 13.7 Å². The van der Waals surface area contributed by atoms with Gasteiger partial charge >= 0.3 is 5.97 Å². The summed E-state index contributed by atoms with van der Waals surface area (Å²) < 4.78 is 6.79. The molecule has 0 N–H and O–H groups in total. The van der Waals surface area contributed by atoms with Crippen molar-refractivity contribution in [3.05, 3.63) is 36.0 Å². The Balaban J connectivity index is 1.99. The third kappa shape index (κ3) is 2.18. The molecule has 3 rings (SSSR count). The van der Waals surface area contributed by atoms with Gasteiger partial charge in [-0.2, -0.15) is 0 Å². The smallest absolute Gasteiger partial charge is 0.328 e. The van der Waals surface area contributed by atoms with Gasteiger partial charge in [0.2, 0.25) is 0 Å². The number of carbonyl (C=O) groups is 2. The average molecular weight is 286 g/mol. The number of likely N-dealkylation sites (tertiary alicyclic amines) is 1. The molecule has 0 radical (unpaired) electrons. The Bertz CT molecular complexity index is 705. The van der Waals surface area contributed by atoms with E-state index < -0.39 is 6.04 Å². The quantitative estimate of drug-likeness (QED) is 0.793. The first-order valence-corrected chi connectivity index (χ1v) is 7.06. The zero-order valence-electron chi connectivity index (χ0n) is 12.2. The van der Waals surface area contributed by atoms with E-state index in [1.165, 1.54) is 7.11 Å². The van der Waals surface area contributed by atoms with Crippen LogP contribution in [-0.4, -0.2) is 41.0 Å². The first-order valence-electron chi connectivity index (χ1n) is 7.06. The minimum absolute atomic E-state index is 0.0975. The van der Waals surface area contributed by atoms with Crippen LogP contribution in [0.1, 0.15) is 23.2 Å². The third-order valence-electron chi connectivity index (χ3n) is 4.15. The number of aromatic nitrogens is 1. The number of fused-ring (bicyclic) bond motifs is 1. The summed E-state index contributed by atoms with van der Waals surface area (Å²) in [6.45, 7) is 0.599. The Morgan fingerprint density at radius 2 is 2.10 bits per heavy atom. The van der Waals surface area contributed by atoms with Crippen molar-refractivity contribution in [2.24, 2.45) is 7.05 Å². The molecule has 1 amide bonds. The van der Waals surface area contributed by atoms with Crippen LogP contribution in [0, 0.1) is 0 Å². The van der Waals surface area contributed by atoms with Gasteiger partial charge < -0.3 is 14.2 Å². The summed E-state index contributed by atoms with van der Waals surface area (Å²) in [5.41, 5.74) is 1.65. The summed E-state index contributed by atoms with van der Waals surface area (Å²) in [6.07, 6.45) is 3.43. The molecular formula is C16H18N2O3. The second-order valence-electron chi connectivity index (χ2n) is 5.34. The normalized spacial score (nSPS) is 18.2. The van der Waals surface area contributed by atoms with E-state index >= 15 is 0 Å². The number of hydrogen-bond donors (Lipinski definition) is 0. The van der Waals surface area contributed by atoms with Crippen LogP contribution in [0.2, 0.25) is 0 Å². The van der Waals surface area contributed by atoms with E-state index in [2.05, 4.69) is 0 Å². The van der Waals surface area contributed by atoms with Gasteiger partial charge in [0.1, 0.15) is 6.04 Å². The number of amides is 1. The van der Waals surface area contributed by atoms with Gasteiger partial charge in [-0.15, -0.1) is 0 Å². The summed E-state index contributed by atoms with van der Waals surface area (Å²) in [5, 5.41) is 0.917. The van der Waals surface area contributed by atoms with E-state index in [1.807, 2.05) is 42.1 Å². The van der Waals surface area contributed by atoms with E-state index in [-0.39, 0.29) is 11.9 Å². The fourth-order valence-corrected chi connectivity index (χ4v) is 3.03. The Kier molecular flexibility index (Phi) is 3.41. The molecule has 0 bridgehead atoms. The number of esters is 1. The molecule has 1 atom stereocenters. The number of rotatable bonds is 2. The lowest BCUT2D eigenvalue weighted by molar-refractivity contribution is -0.145. The maximum atomic E-state index is 12.8. The van der Waals surface area contributed by atoms with Gasteiger partial charge in [0.05, 0.1) is 7.11 Å². The summed E-state index contributed by atoms with van der Waals surface area (Å²) in [4.78, 5) is 26.3. The monoisotopic (exact) mass is 286 g/mol. The Morgan fingerprint density at radius 3 is 2.86 bits per heavy atom. The molecule has 21 heavy (non-hydrogen) atoms. The van der Waals surface area contributed by atoms with Gasteiger partial charge in [0, 0.05) is 36.3 Å². The summed E-state index contributed by atoms with van der Waals surface area (Å²) in [7, 11) is 3.31. The largest absolute Gasteiger partial charge is 0.467 e. The molecule has 1 aromatic heterocycles. The molecule has 0 aliphatic carbocycles. The summed E-state index contributed by atoms with van der Waals surface area (Å²) >= 11 is 0. The van der Waals surface area contributed by atoms with Crippen LogP contribution in [0.25, 0.3) is 10.9 Å². The van der Waals surface area contributed by atoms with E-state index in [1.54, 1.807) is 4.90 Å². The van der Waals surface area contributed by atoms with Crippen LogP contribution in [0.3, 0.4) is 0 Å². The Hall–Kier alpha value is -2.30. The highest BCUT2D eigenvalue weighted by Gasteiger charge is 2.35. The van der Waals surface area contributed by atoms with Gasteiger partial charge in [-0.25, -0.2) is 4.79 Å². The topological polar surface area (TPSA) is 51.5 Å². The van der Waals surface area contributed by atoms with Gasteiger partial charge in [0.25, 0.3) is 5.91 Å². The van der Waals surface area contributed by atoms with Crippen LogP contribution in [0.5, 0.6) is 0 Å². The lowest BCUT2D eigenvalue weighted by Crippen LogP contribution is -2.41. The molecule has 2 heterocycles. The Labute approximate surface area is 123 Å². The van der Waals surface area contributed by atoms with Crippen molar-refractivity contribution < 1.29 is 14.3 Å². The fourth-order valence-electron chi connectivity index (χ4n) is 3.03. The van der Waals surface area contributed by atoms with E-state index in [0.717, 1.165) is 17.3 Å². The number of hydrogen-bond acceptors (Lipinski definition) is 3. The van der Waals surface area contributed by atoms with Crippen molar-refractivity contribution in [1.82, 2.24) is 9.47 Å². The SMILES string of the molecule is COC(=O)C1CCCN1C(=O)c1cccc2c1ccn2C. The minimum Gasteiger partial charge on any atom is -0.467 e.